The van der Waals surface area contributed by atoms with Crippen molar-refractivity contribution in [1.29, 1.82) is 0 Å². The maximum atomic E-state index is 8.56. The van der Waals surface area contributed by atoms with Gasteiger partial charge in [-0.15, -0.1) is 0 Å². The Hall–Kier alpha value is -0.850. The molecule has 0 aliphatic rings. The van der Waals surface area contributed by atoms with Crippen LogP contribution in [0, 0.1) is 0 Å². The second kappa shape index (κ2) is 6.27. The predicted molar refractivity (Wildman–Crippen MR) is 33.6 cm³/mol. The van der Waals surface area contributed by atoms with E-state index >= 15 is 0 Å². The van der Waals surface area contributed by atoms with Gasteiger partial charge in [-0.05, 0) is 6.07 Å². The van der Waals surface area contributed by atoms with Gasteiger partial charge in [0.25, 0.3) is 0 Å². The molecule has 0 aliphatic heterocycles. The van der Waals surface area contributed by atoms with Gasteiger partial charge in [0, 0.05) is 12.4 Å². The van der Waals surface area contributed by atoms with Crippen molar-refractivity contribution in [3.63, 3.8) is 0 Å². The molecule has 0 amide bonds. The summed E-state index contributed by atoms with van der Waals surface area (Å²) in [6.45, 7) is 0. The van der Waals surface area contributed by atoms with Crippen LogP contribution < -0.4 is 0 Å². The first-order valence-corrected chi connectivity index (χ1v) is 3.25. The summed E-state index contributed by atoms with van der Waals surface area (Å²) in [5, 5.41) is 0. The fraction of sp³-hybridized carbons (Fsp3) is 0. The molecule has 56 valence electrons. The molecule has 0 bridgehead atoms. The fourth-order valence-electron chi connectivity index (χ4n) is 0.253. The number of aromatic nitrogens is 2. The molecule has 5 nitrogen and oxygen atoms in total. The Labute approximate surface area is 60.3 Å². The molecule has 10 heavy (non-hydrogen) atoms. The maximum Gasteiger partial charge on any atom is 0.115 e. The molecule has 0 fully saturated rings. The van der Waals surface area contributed by atoms with Crippen LogP contribution in [0.5, 0.6) is 0 Å². The summed E-state index contributed by atoms with van der Waals surface area (Å²) in [4.78, 5) is 7.35. The maximum absolute atomic E-state index is 8.56. The third-order valence-electron chi connectivity index (χ3n) is 0.478. The molecule has 0 saturated carbocycles. The Morgan fingerprint density at radius 1 is 1.40 bits per heavy atom. The van der Waals surface area contributed by atoms with Crippen LogP contribution in [0.2, 0.25) is 0 Å². The van der Waals surface area contributed by atoms with Gasteiger partial charge in [-0.25, -0.2) is 14.2 Å². The highest BCUT2D eigenvalue weighted by Crippen LogP contribution is 1.66. The predicted octanol–water partition coefficient (Wildman–Crippen LogP) is -0.185. The van der Waals surface area contributed by atoms with E-state index in [1.807, 2.05) is 0 Å². The standard InChI is InChI=1S/C4H4N2.H2O3S/c1-2-5-4-6-3-1;1-4(2)3/h1-4H;(H2,1,2,3)/p-1. The van der Waals surface area contributed by atoms with E-state index in [-0.39, 0.29) is 0 Å². The van der Waals surface area contributed by atoms with Crippen LogP contribution in [0.3, 0.4) is 0 Å². The lowest BCUT2D eigenvalue weighted by atomic mass is 10.7. The lowest BCUT2D eigenvalue weighted by molar-refractivity contribution is 0.436. The highest BCUT2D eigenvalue weighted by Gasteiger charge is 1.59. The number of nitrogens with zero attached hydrogens (tertiary/aromatic N) is 2. The van der Waals surface area contributed by atoms with Crippen molar-refractivity contribution in [3.8, 4) is 0 Å². The van der Waals surface area contributed by atoms with Gasteiger partial charge in [0.15, 0.2) is 0 Å². The highest BCUT2D eigenvalue weighted by molar-refractivity contribution is 7.73. The molecule has 0 radical (unpaired) electrons. The molecule has 1 atom stereocenters. The van der Waals surface area contributed by atoms with E-state index in [9.17, 15) is 0 Å². The van der Waals surface area contributed by atoms with Gasteiger partial charge in [-0.3, -0.25) is 0 Å². The monoisotopic (exact) mass is 161 g/mol. The van der Waals surface area contributed by atoms with Gasteiger partial charge >= 0.3 is 0 Å². The summed E-state index contributed by atoms with van der Waals surface area (Å²) in [7, 11) is 0. The molecule has 1 unspecified atom stereocenters. The van der Waals surface area contributed by atoms with Crippen LogP contribution in [0.4, 0.5) is 0 Å². The van der Waals surface area contributed by atoms with E-state index < -0.39 is 11.4 Å². The van der Waals surface area contributed by atoms with E-state index in [2.05, 4.69) is 9.97 Å². The van der Waals surface area contributed by atoms with Crippen molar-refractivity contribution in [2.75, 3.05) is 0 Å². The topological polar surface area (TPSA) is 86.1 Å². The second-order valence-corrected chi connectivity index (χ2v) is 1.56. The summed E-state index contributed by atoms with van der Waals surface area (Å²) in [5.41, 5.74) is 0. The summed E-state index contributed by atoms with van der Waals surface area (Å²) in [6.07, 6.45) is 4.88. The zero-order valence-electron chi connectivity index (χ0n) is 4.88. The van der Waals surface area contributed by atoms with Gasteiger partial charge < -0.3 is 9.11 Å². The quantitative estimate of drug-likeness (QED) is 0.533. The van der Waals surface area contributed by atoms with Gasteiger partial charge in [0.1, 0.15) is 6.33 Å². The fourth-order valence-corrected chi connectivity index (χ4v) is 0.253. The summed E-state index contributed by atoms with van der Waals surface area (Å²) in [5.74, 6) is 0. The van der Waals surface area contributed by atoms with Crippen LogP contribution in [0.25, 0.3) is 0 Å². The normalized spacial score (nSPS) is 11.0. The molecular weight excluding hydrogens is 156 g/mol. The van der Waals surface area contributed by atoms with Gasteiger partial charge in [0.05, 0.1) is 11.4 Å². The Bertz CT molecular complexity index is 150. The van der Waals surface area contributed by atoms with E-state index in [0.717, 1.165) is 0 Å². The van der Waals surface area contributed by atoms with Crippen molar-refractivity contribution < 1.29 is 13.3 Å². The van der Waals surface area contributed by atoms with Crippen molar-refractivity contribution in [2.24, 2.45) is 0 Å². The average molecular weight is 161 g/mol. The van der Waals surface area contributed by atoms with Crippen LogP contribution in [0.15, 0.2) is 24.8 Å². The SMILES string of the molecule is O=S([O-])O.c1cncnc1. The Morgan fingerprint density at radius 2 is 1.80 bits per heavy atom. The highest BCUT2D eigenvalue weighted by atomic mass is 32.2. The molecular formula is C4H5N2O3S-. The number of rotatable bonds is 0. The Balaban J connectivity index is 0.000000180. The summed E-state index contributed by atoms with van der Waals surface area (Å²) < 4.78 is 24.1. The molecule has 1 heterocycles. The van der Waals surface area contributed by atoms with E-state index in [4.69, 9.17) is 13.3 Å². The van der Waals surface area contributed by atoms with Crippen molar-refractivity contribution in [1.82, 2.24) is 9.97 Å². The van der Waals surface area contributed by atoms with Gasteiger partial charge in [-0.2, -0.15) is 0 Å². The third-order valence-corrected chi connectivity index (χ3v) is 0.478. The van der Waals surface area contributed by atoms with Gasteiger partial charge in [0.2, 0.25) is 0 Å². The zero-order valence-corrected chi connectivity index (χ0v) is 5.69. The van der Waals surface area contributed by atoms with Crippen LogP contribution in [-0.4, -0.2) is 23.3 Å². The second-order valence-electron chi connectivity index (χ2n) is 1.12. The van der Waals surface area contributed by atoms with Crippen LogP contribution in [-0.2, 0) is 11.4 Å². The first-order chi connectivity index (χ1) is 4.73. The van der Waals surface area contributed by atoms with E-state index in [0.29, 0.717) is 0 Å². The summed E-state index contributed by atoms with van der Waals surface area (Å²) >= 11 is -2.86. The van der Waals surface area contributed by atoms with Crippen molar-refractivity contribution >= 4 is 11.4 Å². The Morgan fingerprint density at radius 3 is 1.90 bits per heavy atom. The molecule has 0 aliphatic carbocycles. The molecule has 1 rings (SSSR count). The molecule has 0 saturated heterocycles. The number of hydrogen-bond donors (Lipinski definition) is 1. The lowest BCUT2D eigenvalue weighted by Crippen LogP contribution is -1.75. The molecule has 0 spiro atoms. The molecule has 1 N–H and O–H groups in total. The third kappa shape index (κ3) is 10.2. The zero-order chi connectivity index (χ0) is 7.82. The minimum Gasteiger partial charge on any atom is -0.750 e. The van der Waals surface area contributed by atoms with E-state index in [1.54, 1.807) is 18.5 Å². The first kappa shape index (κ1) is 9.15. The largest absolute Gasteiger partial charge is 0.750 e. The van der Waals surface area contributed by atoms with Gasteiger partial charge in [-0.1, -0.05) is 0 Å². The summed E-state index contributed by atoms with van der Waals surface area (Å²) in [6, 6.07) is 1.78. The minimum atomic E-state index is -2.86. The molecule has 1 aromatic rings. The Kier molecular flexibility index (Phi) is 5.74. The molecule has 0 aromatic carbocycles. The molecule has 1 aromatic heterocycles. The molecule has 6 heteroatoms. The average Bonchev–Trinajstić information content (AvgIpc) is 1.90. The minimum absolute atomic E-state index is 1.50. The van der Waals surface area contributed by atoms with Crippen molar-refractivity contribution in [3.05, 3.63) is 24.8 Å². The lowest BCUT2D eigenvalue weighted by Gasteiger charge is -1.83. The van der Waals surface area contributed by atoms with E-state index in [1.165, 1.54) is 6.33 Å². The smallest absolute Gasteiger partial charge is 0.115 e. The van der Waals surface area contributed by atoms with Crippen LogP contribution >= 0.6 is 0 Å². The first-order valence-electron chi connectivity index (χ1n) is 2.22. The van der Waals surface area contributed by atoms with Crippen LogP contribution in [0.1, 0.15) is 0 Å². The number of hydrogen-bond acceptors (Lipinski definition) is 4. The van der Waals surface area contributed by atoms with Crippen molar-refractivity contribution in [2.45, 2.75) is 0 Å².